The first-order chi connectivity index (χ1) is 11.5. The molecule has 4 nitrogen and oxygen atoms in total. The smallest absolute Gasteiger partial charge is 0.335 e. The van der Waals surface area contributed by atoms with Gasteiger partial charge in [-0.15, -0.1) is 0 Å². The third-order valence-electron chi connectivity index (χ3n) is 4.84. The molecule has 2 aromatic carbocycles. The number of amides is 1. The number of hydrogen-bond acceptors (Lipinski definition) is 2. The van der Waals surface area contributed by atoms with Crippen molar-refractivity contribution in [3.8, 4) is 0 Å². The van der Waals surface area contributed by atoms with Gasteiger partial charge in [0.15, 0.2) is 0 Å². The SMILES string of the molecule is Cc1ccccc1C1CC(C)N(C(=O)c2ccc(C(=O)O)cc2)C1. The summed E-state index contributed by atoms with van der Waals surface area (Å²) in [5.41, 5.74) is 3.30. The molecule has 1 heterocycles. The van der Waals surface area contributed by atoms with E-state index in [1.807, 2.05) is 17.0 Å². The molecule has 124 valence electrons. The van der Waals surface area contributed by atoms with Crippen LogP contribution in [0.5, 0.6) is 0 Å². The van der Waals surface area contributed by atoms with Gasteiger partial charge < -0.3 is 10.0 Å². The molecule has 1 aliphatic rings. The Bertz CT molecular complexity index is 767. The molecule has 0 aromatic heterocycles. The van der Waals surface area contributed by atoms with Gasteiger partial charge in [0.05, 0.1) is 5.56 Å². The standard InChI is InChI=1S/C20H21NO3/c1-13-5-3-4-6-18(13)17-11-14(2)21(12-17)19(22)15-7-9-16(10-8-15)20(23)24/h3-10,14,17H,11-12H2,1-2H3,(H,23,24). The molecule has 0 spiro atoms. The zero-order chi connectivity index (χ0) is 17.3. The molecule has 4 heteroatoms. The summed E-state index contributed by atoms with van der Waals surface area (Å²) >= 11 is 0. The lowest BCUT2D eigenvalue weighted by Crippen LogP contribution is -2.33. The number of aromatic carboxylic acids is 1. The molecule has 2 aromatic rings. The number of benzene rings is 2. The maximum absolute atomic E-state index is 12.8. The third kappa shape index (κ3) is 3.04. The molecule has 24 heavy (non-hydrogen) atoms. The van der Waals surface area contributed by atoms with E-state index in [1.54, 1.807) is 12.1 Å². The van der Waals surface area contributed by atoms with E-state index in [2.05, 4.69) is 26.0 Å². The second-order valence-corrected chi connectivity index (χ2v) is 6.48. The molecule has 0 radical (unpaired) electrons. The van der Waals surface area contributed by atoms with Crippen LogP contribution in [0.15, 0.2) is 48.5 Å². The summed E-state index contributed by atoms with van der Waals surface area (Å²) in [6.45, 7) is 4.88. The number of carbonyl (C=O) groups is 2. The quantitative estimate of drug-likeness (QED) is 0.937. The van der Waals surface area contributed by atoms with Gasteiger partial charge in [-0.25, -0.2) is 4.79 Å². The van der Waals surface area contributed by atoms with Crippen molar-refractivity contribution >= 4 is 11.9 Å². The fourth-order valence-corrected chi connectivity index (χ4v) is 3.51. The topological polar surface area (TPSA) is 57.6 Å². The Labute approximate surface area is 141 Å². The van der Waals surface area contributed by atoms with Gasteiger partial charge in [-0.3, -0.25) is 4.79 Å². The van der Waals surface area contributed by atoms with E-state index >= 15 is 0 Å². The number of carboxylic acid groups (broad SMARTS) is 1. The van der Waals surface area contributed by atoms with E-state index in [0.29, 0.717) is 18.0 Å². The normalized spacial score (nSPS) is 20.2. The Morgan fingerprint density at radius 3 is 2.29 bits per heavy atom. The van der Waals surface area contributed by atoms with E-state index in [9.17, 15) is 9.59 Å². The van der Waals surface area contributed by atoms with Crippen LogP contribution in [0.4, 0.5) is 0 Å². The number of rotatable bonds is 3. The number of likely N-dealkylation sites (tertiary alicyclic amines) is 1. The number of nitrogens with zero attached hydrogens (tertiary/aromatic N) is 1. The van der Waals surface area contributed by atoms with Crippen molar-refractivity contribution in [1.29, 1.82) is 0 Å². The summed E-state index contributed by atoms with van der Waals surface area (Å²) in [6, 6.07) is 14.6. The molecule has 1 amide bonds. The lowest BCUT2D eigenvalue weighted by atomic mass is 9.93. The largest absolute Gasteiger partial charge is 0.478 e. The van der Waals surface area contributed by atoms with Crippen molar-refractivity contribution in [2.24, 2.45) is 0 Å². The molecule has 1 saturated heterocycles. The Kier molecular flexibility index (Phi) is 4.38. The Morgan fingerprint density at radius 1 is 1.04 bits per heavy atom. The summed E-state index contributed by atoms with van der Waals surface area (Å²) in [4.78, 5) is 25.6. The summed E-state index contributed by atoms with van der Waals surface area (Å²) in [7, 11) is 0. The number of carboxylic acids is 1. The highest BCUT2D eigenvalue weighted by Crippen LogP contribution is 2.34. The highest BCUT2D eigenvalue weighted by molar-refractivity contribution is 5.96. The Hall–Kier alpha value is -2.62. The van der Waals surface area contributed by atoms with Crippen LogP contribution in [0.25, 0.3) is 0 Å². The van der Waals surface area contributed by atoms with Crippen LogP contribution in [0.1, 0.15) is 51.1 Å². The minimum absolute atomic E-state index is 0.0319. The molecule has 3 rings (SSSR count). The van der Waals surface area contributed by atoms with Crippen molar-refractivity contribution in [2.75, 3.05) is 6.54 Å². The fraction of sp³-hybridized carbons (Fsp3) is 0.300. The van der Waals surface area contributed by atoms with Gasteiger partial charge in [-0.05, 0) is 55.7 Å². The van der Waals surface area contributed by atoms with Gasteiger partial charge in [-0.2, -0.15) is 0 Å². The fourth-order valence-electron chi connectivity index (χ4n) is 3.51. The molecule has 0 bridgehead atoms. The minimum Gasteiger partial charge on any atom is -0.478 e. The van der Waals surface area contributed by atoms with Crippen LogP contribution in [-0.2, 0) is 0 Å². The van der Waals surface area contributed by atoms with Crippen molar-refractivity contribution < 1.29 is 14.7 Å². The van der Waals surface area contributed by atoms with E-state index in [1.165, 1.54) is 23.3 Å². The van der Waals surface area contributed by atoms with E-state index in [4.69, 9.17) is 5.11 Å². The average molecular weight is 323 g/mol. The van der Waals surface area contributed by atoms with Gasteiger partial charge in [-0.1, -0.05) is 24.3 Å². The Balaban J connectivity index is 1.78. The minimum atomic E-state index is -0.983. The predicted octanol–water partition coefficient (Wildman–Crippen LogP) is 3.71. The van der Waals surface area contributed by atoms with Crippen molar-refractivity contribution in [3.63, 3.8) is 0 Å². The summed E-state index contributed by atoms with van der Waals surface area (Å²) in [5.74, 6) is -0.665. The molecule has 2 atom stereocenters. The van der Waals surface area contributed by atoms with Crippen LogP contribution >= 0.6 is 0 Å². The number of aryl methyl sites for hydroxylation is 1. The zero-order valence-electron chi connectivity index (χ0n) is 13.9. The van der Waals surface area contributed by atoms with Crippen LogP contribution in [0.3, 0.4) is 0 Å². The molecule has 2 unspecified atom stereocenters. The van der Waals surface area contributed by atoms with Crippen LogP contribution in [0.2, 0.25) is 0 Å². The molecule has 0 saturated carbocycles. The first-order valence-electron chi connectivity index (χ1n) is 8.17. The van der Waals surface area contributed by atoms with Crippen LogP contribution in [-0.4, -0.2) is 34.5 Å². The van der Waals surface area contributed by atoms with E-state index < -0.39 is 5.97 Å². The zero-order valence-corrected chi connectivity index (χ0v) is 13.9. The summed E-state index contributed by atoms with van der Waals surface area (Å²) in [6.07, 6.45) is 0.948. The van der Waals surface area contributed by atoms with Gasteiger partial charge >= 0.3 is 5.97 Å². The molecular weight excluding hydrogens is 302 g/mol. The first kappa shape index (κ1) is 16.2. The highest BCUT2D eigenvalue weighted by Gasteiger charge is 2.34. The number of carbonyl (C=O) groups excluding carboxylic acids is 1. The van der Waals surface area contributed by atoms with Gasteiger partial charge in [0.1, 0.15) is 0 Å². The summed E-state index contributed by atoms with van der Waals surface area (Å²) in [5, 5.41) is 8.96. The van der Waals surface area contributed by atoms with E-state index in [-0.39, 0.29) is 17.5 Å². The maximum Gasteiger partial charge on any atom is 0.335 e. The Morgan fingerprint density at radius 2 is 1.67 bits per heavy atom. The average Bonchev–Trinajstić information content (AvgIpc) is 2.96. The predicted molar refractivity (Wildman–Crippen MR) is 92.4 cm³/mol. The van der Waals surface area contributed by atoms with E-state index in [0.717, 1.165) is 6.42 Å². The van der Waals surface area contributed by atoms with Crippen LogP contribution < -0.4 is 0 Å². The highest BCUT2D eigenvalue weighted by atomic mass is 16.4. The number of hydrogen-bond donors (Lipinski definition) is 1. The molecule has 1 fully saturated rings. The van der Waals surface area contributed by atoms with Gasteiger partial charge in [0, 0.05) is 24.1 Å². The second kappa shape index (κ2) is 6.48. The van der Waals surface area contributed by atoms with Gasteiger partial charge in [0.2, 0.25) is 0 Å². The van der Waals surface area contributed by atoms with Crippen molar-refractivity contribution in [3.05, 3.63) is 70.8 Å². The molecule has 1 aliphatic heterocycles. The maximum atomic E-state index is 12.8. The monoisotopic (exact) mass is 323 g/mol. The van der Waals surface area contributed by atoms with Crippen molar-refractivity contribution in [1.82, 2.24) is 4.90 Å². The lowest BCUT2D eigenvalue weighted by Gasteiger charge is -2.21. The molecule has 0 aliphatic carbocycles. The summed E-state index contributed by atoms with van der Waals surface area (Å²) < 4.78 is 0. The lowest BCUT2D eigenvalue weighted by molar-refractivity contribution is 0.0693. The second-order valence-electron chi connectivity index (χ2n) is 6.48. The first-order valence-corrected chi connectivity index (χ1v) is 8.17. The van der Waals surface area contributed by atoms with Crippen LogP contribution in [0, 0.1) is 6.92 Å². The van der Waals surface area contributed by atoms with Crippen molar-refractivity contribution in [2.45, 2.75) is 32.2 Å². The third-order valence-corrected chi connectivity index (χ3v) is 4.84. The molecular formula is C20H21NO3. The van der Waals surface area contributed by atoms with Gasteiger partial charge in [0.25, 0.3) is 5.91 Å². The molecule has 1 N–H and O–H groups in total.